The highest BCUT2D eigenvalue weighted by atomic mass is 16.3. The standard InChI is InChI=1S/C24H49NO2/c1-4-18-23(21-26)25-24(27)20-17-15-13-11-9-7-5-6-8-10-12-14-16-19-22(2)3/h22-23,26H,4-21H2,1-3H3,(H,25,27). The van der Waals surface area contributed by atoms with Crippen LogP contribution in [0.3, 0.4) is 0 Å². The largest absolute Gasteiger partial charge is 0.394 e. The molecular weight excluding hydrogens is 334 g/mol. The summed E-state index contributed by atoms with van der Waals surface area (Å²) < 4.78 is 0. The Balaban J connectivity index is 3.23. The summed E-state index contributed by atoms with van der Waals surface area (Å²) in [5.41, 5.74) is 0. The molecule has 0 aliphatic heterocycles. The number of amides is 1. The van der Waals surface area contributed by atoms with E-state index in [4.69, 9.17) is 0 Å². The van der Waals surface area contributed by atoms with E-state index in [-0.39, 0.29) is 18.6 Å². The molecule has 0 bridgehead atoms. The van der Waals surface area contributed by atoms with Crippen molar-refractivity contribution in [3.05, 3.63) is 0 Å². The Labute approximate surface area is 170 Å². The van der Waals surface area contributed by atoms with Crippen molar-refractivity contribution in [1.29, 1.82) is 0 Å². The molecule has 1 atom stereocenters. The normalized spacial score (nSPS) is 12.5. The zero-order valence-corrected chi connectivity index (χ0v) is 18.7. The number of aliphatic hydroxyl groups excluding tert-OH is 1. The van der Waals surface area contributed by atoms with Crippen LogP contribution in [-0.4, -0.2) is 23.7 Å². The van der Waals surface area contributed by atoms with Gasteiger partial charge < -0.3 is 10.4 Å². The summed E-state index contributed by atoms with van der Waals surface area (Å²) in [6, 6.07) is -0.0532. The van der Waals surface area contributed by atoms with Gasteiger partial charge in [-0.2, -0.15) is 0 Å². The molecular formula is C24H49NO2. The third-order valence-corrected chi connectivity index (χ3v) is 5.41. The van der Waals surface area contributed by atoms with E-state index >= 15 is 0 Å². The molecule has 1 amide bonds. The molecule has 3 nitrogen and oxygen atoms in total. The summed E-state index contributed by atoms with van der Waals surface area (Å²) >= 11 is 0. The molecule has 0 saturated heterocycles. The van der Waals surface area contributed by atoms with E-state index in [1.807, 2.05) is 0 Å². The predicted octanol–water partition coefficient (Wildman–Crippen LogP) is 6.77. The van der Waals surface area contributed by atoms with Crippen LogP contribution in [0.1, 0.15) is 130 Å². The fourth-order valence-electron chi connectivity index (χ4n) is 3.64. The first-order valence-corrected chi connectivity index (χ1v) is 12.0. The molecule has 0 spiro atoms. The SMILES string of the molecule is CCCC(CO)NC(=O)CCCCCCCCCCCCCCCC(C)C. The monoisotopic (exact) mass is 383 g/mol. The minimum Gasteiger partial charge on any atom is -0.394 e. The van der Waals surface area contributed by atoms with Crippen molar-refractivity contribution in [1.82, 2.24) is 5.32 Å². The summed E-state index contributed by atoms with van der Waals surface area (Å²) in [4.78, 5) is 11.8. The molecule has 162 valence electrons. The van der Waals surface area contributed by atoms with E-state index in [2.05, 4.69) is 26.1 Å². The second-order valence-corrected chi connectivity index (χ2v) is 8.76. The molecule has 0 aromatic carbocycles. The van der Waals surface area contributed by atoms with Gasteiger partial charge in [-0.25, -0.2) is 0 Å². The first-order chi connectivity index (χ1) is 13.1. The molecule has 1 unspecified atom stereocenters. The second-order valence-electron chi connectivity index (χ2n) is 8.76. The van der Waals surface area contributed by atoms with Crippen molar-refractivity contribution in [2.75, 3.05) is 6.61 Å². The van der Waals surface area contributed by atoms with Gasteiger partial charge in [0.25, 0.3) is 0 Å². The molecule has 2 N–H and O–H groups in total. The van der Waals surface area contributed by atoms with Gasteiger partial charge in [0, 0.05) is 6.42 Å². The zero-order chi connectivity index (χ0) is 20.2. The molecule has 0 radical (unpaired) electrons. The Hall–Kier alpha value is -0.570. The van der Waals surface area contributed by atoms with Crippen molar-refractivity contribution in [3.63, 3.8) is 0 Å². The van der Waals surface area contributed by atoms with Crippen molar-refractivity contribution >= 4 is 5.91 Å². The van der Waals surface area contributed by atoms with Crippen LogP contribution >= 0.6 is 0 Å². The van der Waals surface area contributed by atoms with Gasteiger partial charge in [0.05, 0.1) is 12.6 Å². The fourth-order valence-corrected chi connectivity index (χ4v) is 3.64. The Morgan fingerprint density at radius 3 is 1.59 bits per heavy atom. The summed E-state index contributed by atoms with van der Waals surface area (Å²) in [7, 11) is 0. The Bertz CT molecular complexity index is 318. The number of aliphatic hydroxyl groups is 1. The van der Waals surface area contributed by atoms with E-state index in [9.17, 15) is 9.90 Å². The molecule has 0 rings (SSSR count). The van der Waals surface area contributed by atoms with Crippen LogP contribution in [0.15, 0.2) is 0 Å². The van der Waals surface area contributed by atoms with Crippen LogP contribution in [0.2, 0.25) is 0 Å². The average molecular weight is 384 g/mol. The van der Waals surface area contributed by atoms with Gasteiger partial charge in [-0.15, -0.1) is 0 Å². The first kappa shape index (κ1) is 26.4. The first-order valence-electron chi connectivity index (χ1n) is 12.0. The van der Waals surface area contributed by atoms with E-state index in [0.29, 0.717) is 6.42 Å². The van der Waals surface area contributed by atoms with E-state index < -0.39 is 0 Å². The molecule has 0 heterocycles. The number of hydrogen-bond donors (Lipinski definition) is 2. The van der Waals surface area contributed by atoms with Crippen LogP contribution < -0.4 is 5.32 Å². The number of carbonyl (C=O) groups excluding carboxylic acids is 1. The van der Waals surface area contributed by atoms with Crippen LogP contribution in [0.5, 0.6) is 0 Å². The van der Waals surface area contributed by atoms with Gasteiger partial charge in [0.15, 0.2) is 0 Å². The Morgan fingerprint density at radius 1 is 0.741 bits per heavy atom. The van der Waals surface area contributed by atoms with Crippen LogP contribution in [0.4, 0.5) is 0 Å². The zero-order valence-electron chi connectivity index (χ0n) is 18.7. The van der Waals surface area contributed by atoms with Gasteiger partial charge in [-0.1, -0.05) is 111 Å². The fraction of sp³-hybridized carbons (Fsp3) is 0.958. The molecule has 0 fully saturated rings. The van der Waals surface area contributed by atoms with E-state index in [0.717, 1.165) is 31.6 Å². The highest BCUT2D eigenvalue weighted by molar-refractivity contribution is 5.76. The predicted molar refractivity (Wildman–Crippen MR) is 118 cm³/mol. The minimum absolute atomic E-state index is 0.0532. The average Bonchev–Trinajstić information content (AvgIpc) is 2.64. The van der Waals surface area contributed by atoms with Gasteiger partial charge in [-0.3, -0.25) is 4.79 Å². The van der Waals surface area contributed by atoms with Gasteiger partial charge in [-0.05, 0) is 18.8 Å². The third kappa shape index (κ3) is 20.0. The van der Waals surface area contributed by atoms with Crippen molar-refractivity contribution in [3.8, 4) is 0 Å². The van der Waals surface area contributed by atoms with Crippen molar-refractivity contribution in [2.45, 2.75) is 136 Å². The molecule has 0 aliphatic rings. The lowest BCUT2D eigenvalue weighted by atomic mass is 10.0. The van der Waals surface area contributed by atoms with Gasteiger partial charge in [0.2, 0.25) is 5.91 Å². The number of unbranched alkanes of at least 4 members (excludes halogenated alkanes) is 12. The van der Waals surface area contributed by atoms with E-state index in [1.165, 1.54) is 77.0 Å². The van der Waals surface area contributed by atoms with Gasteiger partial charge in [0.1, 0.15) is 0 Å². The highest BCUT2D eigenvalue weighted by Gasteiger charge is 2.09. The van der Waals surface area contributed by atoms with Crippen LogP contribution in [-0.2, 0) is 4.79 Å². The Morgan fingerprint density at radius 2 is 1.19 bits per heavy atom. The summed E-state index contributed by atoms with van der Waals surface area (Å²) in [6.07, 6.45) is 21.2. The number of hydrogen-bond acceptors (Lipinski definition) is 2. The number of nitrogens with one attached hydrogen (secondary N) is 1. The van der Waals surface area contributed by atoms with E-state index in [1.54, 1.807) is 0 Å². The molecule has 27 heavy (non-hydrogen) atoms. The lowest BCUT2D eigenvalue weighted by Gasteiger charge is -2.15. The highest BCUT2D eigenvalue weighted by Crippen LogP contribution is 2.14. The molecule has 0 aliphatic carbocycles. The lowest BCUT2D eigenvalue weighted by Crippen LogP contribution is -2.37. The lowest BCUT2D eigenvalue weighted by molar-refractivity contribution is -0.122. The maximum atomic E-state index is 11.8. The van der Waals surface area contributed by atoms with Crippen molar-refractivity contribution < 1.29 is 9.90 Å². The maximum Gasteiger partial charge on any atom is 0.220 e. The molecule has 0 aromatic rings. The van der Waals surface area contributed by atoms with Gasteiger partial charge >= 0.3 is 0 Å². The topological polar surface area (TPSA) is 49.3 Å². The van der Waals surface area contributed by atoms with Crippen molar-refractivity contribution in [2.24, 2.45) is 5.92 Å². The molecule has 0 aromatic heterocycles. The summed E-state index contributed by atoms with van der Waals surface area (Å²) in [5, 5.41) is 12.1. The quantitative estimate of drug-likeness (QED) is 0.228. The summed E-state index contributed by atoms with van der Waals surface area (Å²) in [5.74, 6) is 0.971. The van der Waals surface area contributed by atoms with Crippen LogP contribution in [0, 0.1) is 5.92 Å². The molecule has 0 saturated carbocycles. The number of rotatable bonds is 20. The Kier molecular flexibility index (Phi) is 19.7. The minimum atomic E-state index is -0.0532. The second kappa shape index (κ2) is 20.2. The summed E-state index contributed by atoms with van der Waals surface area (Å²) in [6.45, 7) is 6.76. The van der Waals surface area contributed by atoms with Crippen LogP contribution in [0.25, 0.3) is 0 Å². The third-order valence-electron chi connectivity index (χ3n) is 5.41. The number of carbonyl (C=O) groups is 1. The smallest absolute Gasteiger partial charge is 0.220 e. The molecule has 3 heteroatoms. The maximum absolute atomic E-state index is 11.8.